The molecule has 0 unspecified atom stereocenters. The number of aliphatic hydroxyl groups is 1. The Balaban J connectivity index is 1.41. The van der Waals surface area contributed by atoms with Gasteiger partial charge in [-0.3, -0.25) is 9.69 Å². The molecule has 0 bridgehead atoms. The molecule has 2 atom stereocenters. The predicted octanol–water partition coefficient (Wildman–Crippen LogP) is 4.60. The average molecular weight is 526 g/mol. The molecule has 1 saturated heterocycles. The number of hydrogen-bond acceptors (Lipinski definition) is 5. The lowest BCUT2D eigenvalue weighted by atomic mass is 10.00. The Morgan fingerprint density at radius 1 is 1.00 bits per heavy atom. The molecule has 0 saturated carbocycles. The molecular weight excluding hydrogens is 488 g/mol. The number of nitrogens with one attached hydrogen (secondary N) is 2. The molecule has 38 heavy (non-hydrogen) atoms. The first-order valence-corrected chi connectivity index (χ1v) is 13.4. The number of benzene rings is 2. The third kappa shape index (κ3) is 8.21. The van der Waals surface area contributed by atoms with E-state index in [4.69, 9.17) is 4.42 Å². The number of aryl methyl sites for hydroxylation is 1. The average Bonchev–Trinajstić information content (AvgIpc) is 3.37. The fourth-order valence-corrected chi connectivity index (χ4v) is 4.89. The zero-order chi connectivity index (χ0) is 26.9. The minimum absolute atomic E-state index is 0.0515. The summed E-state index contributed by atoms with van der Waals surface area (Å²) in [6.45, 7) is 5.47. The summed E-state index contributed by atoms with van der Waals surface area (Å²) in [5.74, 6) is -1.04. The Morgan fingerprint density at radius 3 is 2.47 bits per heavy atom. The zero-order valence-electron chi connectivity index (χ0n) is 21.9. The Bertz CT molecular complexity index is 1170. The van der Waals surface area contributed by atoms with Gasteiger partial charge in [-0.25, -0.2) is 8.78 Å². The summed E-state index contributed by atoms with van der Waals surface area (Å²) < 4.78 is 33.5. The molecule has 4 rings (SSSR count). The lowest BCUT2D eigenvalue weighted by molar-refractivity contribution is 0.0801. The first-order chi connectivity index (χ1) is 18.4. The van der Waals surface area contributed by atoms with Crippen molar-refractivity contribution in [2.24, 2.45) is 0 Å². The summed E-state index contributed by atoms with van der Waals surface area (Å²) >= 11 is 0. The molecule has 2 heterocycles. The molecule has 0 aliphatic carbocycles. The number of halogens is 2. The number of piperidine rings is 1. The van der Waals surface area contributed by atoms with Gasteiger partial charge in [-0.1, -0.05) is 37.6 Å². The minimum Gasteiger partial charge on any atom is -0.455 e. The number of amides is 1. The molecule has 1 aliphatic rings. The van der Waals surface area contributed by atoms with Crippen LogP contribution >= 0.6 is 0 Å². The molecule has 1 aromatic heterocycles. The zero-order valence-corrected chi connectivity index (χ0v) is 21.9. The van der Waals surface area contributed by atoms with E-state index in [1.807, 2.05) is 12.1 Å². The van der Waals surface area contributed by atoms with Gasteiger partial charge >= 0.3 is 0 Å². The molecule has 3 N–H and O–H groups in total. The van der Waals surface area contributed by atoms with Crippen molar-refractivity contribution >= 4 is 5.91 Å². The van der Waals surface area contributed by atoms with E-state index in [1.165, 1.54) is 24.1 Å². The van der Waals surface area contributed by atoms with Gasteiger partial charge in [0.2, 0.25) is 0 Å². The summed E-state index contributed by atoms with van der Waals surface area (Å²) in [6.07, 6.45) is 3.53. The second kappa shape index (κ2) is 13.6. The predicted molar refractivity (Wildman–Crippen MR) is 143 cm³/mol. The van der Waals surface area contributed by atoms with Gasteiger partial charge < -0.3 is 20.2 Å². The Morgan fingerprint density at radius 2 is 1.74 bits per heavy atom. The quantitative estimate of drug-likeness (QED) is 0.322. The first kappa shape index (κ1) is 28.0. The van der Waals surface area contributed by atoms with Gasteiger partial charge in [0.1, 0.15) is 17.4 Å². The lowest BCUT2D eigenvalue weighted by Gasteiger charge is -2.25. The van der Waals surface area contributed by atoms with Crippen molar-refractivity contribution in [3.63, 3.8) is 0 Å². The smallest absolute Gasteiger partial charge is 0.287 e. The molecule has 1 aliphatic heterocycles. The number of furan rings is 1. The van der Waals surface area contributed by atoms with Gasteiger partial charge in [0, 0.05) is 19.2 Å². The van der Waals surface area contributed by atoms with Crippen LogP contribution in [0.25, 0.3) is 0 Å². The van der Waals surface area contributed by atoms with Gasteiger partial charge in [-0.05, 0) is 79.7 Å². The monoisotopic (exact) mass is 525 g/mol. The fourth-order valence-electron chi connectivity index (χ4n) is 4.89. The van der Waals surface area contributed by atoms with Crippen molar-refractivity contribution in [1.29, 1.82) is 0 Å². The maximum absolute atomic E-state index is 13.8. The Labute approximate surface area is 223 Å². The van der Waals surface area contributed by atoms with E-state index in [9.17, 15) is 18.7 Å². The molecule has 0 radical (unpaired) electrons. The van der Waals surface area contributed by atoms with Crippen LogP contribution in [0.4, 0.5) is 8.78 Å². The number of likely N-dealkylation sites (tertiary alicyclic amines) is 1. The highest BCUT2D eigenvalue weighted by atomic mass is 19.1. The molecule has 6 nitrogen and oxygen atoms in total. The van der Waals surface area contributed by atoms with Gasteiger partial charge in [0.25, 0.3) is 5.91 Å². The van der Waals surface area contributed by atoms with E-state index in [0.717, 1.165) is 44.0 Å². The molecule has 1 amide bonds. The minimum atomic E-state index is -1.01. The molecule has 204 valence electrons. The van der Waals surface area contributed by atoms with Crippen molar-refractivity contribution in [2.75, 3.05) is 19.6 Å². The SMILES string of the molecule is CCc1cccc(CNC[C@H](O)[C@H](Cc2cc(F)cc(F)c2)NC(=O)c2ccc(CN3CCCCC3)o2)c1. The third-order valence-electron chi connectivity index (χ3n) is 6.95. The Hall–Kier alpha value is -3.07. The van der Waals surface area contributed by atoms with Crippen LogP contribution in [-0.2, 0) is 25.9 Å². The van der Waals surface area contributed by atoms with Crippen LogP contribution < -0.4 is 10.6 Å². The highest BCUT2D eigenvalue weighted by Crippen LogP contribution is 2.17. The van der Waals surface area contributed by atoms with Crippen molar-refractivity contribution < 1.29 is 23.1 Å². The van der Waals surface area contributed by atoms with Crippen molar-refractivity contribution in [1.82, 2.24) is 15.5 Å². The fraction of sp³-hybridized carbons (Fsp3) is 0.433. The molecule has 3 aromatic rings. The Kier molecular flexibility index (Phi) is 10.0. The van der Waals surface area contributed by atoms with Crippen LogP contribution in [0.15, 0.2) is 59.0 Å². The van der Waals surface area contributed by atoms with Gasteiger partial charge in [-0.15, -0.1) is 0 Å². The van der Waals surface area contributed by atoms with E-state index < -0.39 is 29.7 Å². The lowest BCUT2D eigenvalue weighted by Crippen LogP contribution is -2.48. The van der Waals surface area contributed by atoms with Crippen LogP contribution in [-0.4, -0.2) is 47.7 Å². The first-order valence-electron chi connectivity index (χ1n) is 13.4. The number of carbonyl (C=O) groups is 1. The maximum atomic E-state index is 13.8. The van der Waals surface area contributed by atoms with Crippen molar-refractivity contribution in [2.45, 2.75) is 64.3 Å². The van der Waals surface area contributed by atoms with Crippen LogP contribution in [0.5, 0.6) is 0 Å². The van der Waals surface area contributed by atoms with Crippen LogP contribution in [0.2, 0.25) is 0 Å². The van der Waals surface area contributed by atoms with Crippen LogP contribution in [0.3, 0.4) is 0 Å². The highest BCUT2D eigenvalue weighted by molar-refractivity contribution is 5.91. The van der Waals surface area contributed by atoms with E-state index in [0.29, 0.717) is 24.4 Å². The summed E-state index contributed by atoms with van der Waals surface area (Å²) in [7, 11) is 0. The molecule has 8 heteroatoms. The second-order valence-electron chi connectivity index (χ2n) is 10.0. The third-order valence-corrected chi connectivity index (χ3v) is 6.95. The topological polar surface area (TPSA) is 77.7 Å². The molecule has 2 aromatic carbocycles. The van der Waals surface area contributed by atoms with E-state index in [-0.39, 0.29) is 18.7 Å². The second-order valence-corrected chi connectivity index (χ2v) is 10.0. The van der Waals surface area contributed by atoms with Gasteiger partial charge in [0.05, 0.1) is 18.7 Å². The summed E-state index contributed by atoms with van der Waals surface area (Å²) in [6, 6.07) is 14.0. The number of nitrogens with zero attached hydrogens (tertiary/aromatic N) is 1. The van der Waals surface area contributed by atoms with Crippen molar-refractivity contribution in [3.8, 4) is 0 Å². The van der Waals surface area contributed by atoms with Crippen LogP contribution in [0, 0.1) is 11.6 Å². The number of aliphatic hydroxyl groups excluding tert-OH is 1. The number of carbonyl (C=O) groups excluding carboxylic acids is 1. The largest absolute Gasteiger partial charge is 0.455 e. The van der Waals surface area contributed by atoms with Crippen molar-refractivity contribution in [3.05, 3.63) is 94.4 Å². The number of hydrogen-bond donors (Lipinski definition) is 3. The maximum Gasteiger partial charge on any atom is 0.287 e. The molecule has 0 spiro atoms. The summed E-state index contributed by atoms with van der Waals surface area (Å²) in [5, 5.41) is 17.1. The van der Waals surface area contributed by atoms with E-state index in [2.05, 4.69) is 34.6 Å². The normalized spacial score (nSPS) is 15.8. The summed E-state index contributed by atoms with van der Waals surface area (Å²) in [4.78, 5) is 15.4. The van der Waals surface area contributed by atoms with Gasteiger partial charge in [-0.2, -0.15) is 0 Å². The summed E-state index contributed by atoms with van der Waals surface area (Å²) in [5.41, 5.74) is 2.65. The molecule has 1 fully saturated rings. The van der Waals surface area contributed by atoms with Gasteiger partial charge in [0.15, 0.2) is 5.76 Å². The standard InChI is InChI=1S/C30H37F2N3O3/c1-2-21-7-6-8-22(13-21)18-33-19-28(36)27(16-23-14-24(31)17-25(32)15-23)34-30(37)29-10-9-26(38-29)20-35-11-4-3-5-12-35/h6-10,13-15,17,27-28,33,36H,2-5,11-12,16,18-20H2,1H3,(H,34,37)/t27-,28-/m0/s1. The highest BCUT2D eigenvalue weighted by Gasteiger charge is 2.25. The number of rotatable bonds is 12. The van der Waals surface area contributed by atoms with E-state index >= 15 is 0 Å². The molecular formula is C30H37F2N3O3. The van der Waals surface area contributed by atoms with E-state index in [1.54, 1.807) is 12.1 Å². The van der Waals surface area contributed by atoms with Crippen LogP contribution in [0.1, 0.15) is 59.2 Å².